The first kappa shape index (κ1) is 28.7. The molecule has 41 heavy (non-hydrogen) atoms. The zero-order chi connectivity index (χ0) is 28.8. The van der Waals surface area contributed by atoms with Crippen LogP contribution in [0.25, 0.3) is 10.6 Å². The molecule has 2 aliphatic heterocycles. The quantitative estimate of drug-likeness (QED) is 0.360. The molecule has 0 aromatic carbocycles. The number of hydrogen-bond acceptors (Lipinski definition) is 10. The number of nitrogens with zero attached hydrogens (tertiary/aromatic N) is 5. The molecule has 0 radical (unpaired) electrons. The van der Waals surface area contributed by atoms with Gasteiger partial charge in [0.15, 0.2) is 0 Å². The zero-order valence-corrected chi connectivity index (χ0v) is 24.6. The average Bonchev–Trinajstić information content (AvgIpc) is 3.65. The molecular formula is C28H33F3N6O2S2. The van der Waals surface area contributed by atoms with Crippen LogP contribution in [-0.4, -0.2) is 76.1 Å². The zero-order valence-electron chi connectivity index (χ0n) is 23.0. The number of ether oxygens (including phenoxy) is 1. The van der Waals surface area contributed by atoms with E-state index < -0.39 is 11.7 Å². The lowest BCUT2D eigenvalue weighted by molar-refractivity contribution is -0.137. The monoisotopic (exact) mass is 606 g/mol. The Balaban J connectivity index is 1.28. The largest absolute Gasteiger partial charge is 0.420 e. The van der Waals surface area contributed by atoms with Crippen LogP contribution in [0.1, 0.15) is 42.8 Å². The van der Waals surface area contributed by atoms with Gasteiger partial charge in [-0.2, -0.15) is 13.2 Å². The molecule has 1 saturated heterocycles. The van der Waals surface area contributed by atoms with E-state index in [4.69, 9.17) is 9.72 Å². The first-order valence-corrected chi connectivity index (χ1v) is 15.7. The van der Waals surface area contributed by atoms with Gasteiger partial charge >= 0.3 is 6.18 Å². The lowest BCUT2D eigenvalue weighted by Gasteiger charge is -2.40. The Morgan fingerprint density at radius 2 is 2.05 bits per heavy atom. The van der Waals surface area contributed by atoms with Gasteiger partial charge in [0.25, 0.3) is 0 Å². The Kier molecular flexibility index (Phi) is 7.92. The van der Waals surface area contributed by atoms with Crippen LogP contribution in [0.5, 0.6) is 0 Å². The normalized spacial score (nSPS) is 20.6. The minimum Gasteiger partial charge on any atom is -0.395 e. The second-order valence-corrected chi connectivity index (χ2v) is 12.8. The van der Waals surface area contributed by atoms with E-state index in [0.717, 1.165) is 65.7 Å². The maximum atomic E-state index is 14.1. The van der Waals surface area contributed by atoms with Gasteiger partial charge in [0.2, 0.25) is 5.95 Å². The maximum absolute atomic E-state index is 14.1. The second kappa shape index (κ2) is 11.3. The fraction of sp³-hybridized carbons (Fsp3) is 0.536. The van der Waals surface area contributed by atoms with Gasteiger partial charge in [-0.1, -0.05) is 6.92 Å². The number of nitrogens with one attached hydrogen (secondary N) is 1. The third-order valence-electron chi connectivity index (χ3n) is 7.88. The number of anilines is 3. The molecule has 1 atom stereocenters. The number of thioether (sulfide) groups is 1. The lowest BCUT2D eigenvalue weighted by atomic mass is 10.1. The molecule has 1 saturated carbocycles. The highest BCUT2D eigenvalue weighted by Gasteiger charge is 2.50. The summed E-state index contributed by atoms with van der Waals surface area (Å²) >= 11 is 2.97. The van der Waals surface area contributed by atoms with Gasteiger partial charge in [0.05, 0.1) is 40.0 Å². The molecule has 0 amide bonds. The van der Waals surface area contributed by atoms with Gasteiger partial charge in [-0.05, 0) is 44.4 Å². The van der Waals surface area contributed by atoms with Gasteiger partial charge in [0, 0.05) is 49.1 Å². The van der Waals surface area contributed by atoms with E-state index >= 15 is 0 Å². The van der Waals surface area contributed by atoms with Crippen LogP contribution in [-0.2, 0) is 22.9 Å². The predicted molar refractivity (Wildman–Crippen MR) is 155 cm³/mol. The molecule has 220 valence electrons. The first-order chi connectivity index (χ1) is 19.7. The summed E-state index contributed by atoms with van der Waals surface area (Å²) in [6, 6.07) is 5.93. The second-order valence-electron chi connectivity index (χ2n) is 10.6. The smallest absolute Gasteiger partial charge is 0.395 e. The van der Waals surface area contributed by atoms with Gasteiger partial charge in [-0.25, -0.2) is 15.0 Å². The molecule has 1 unspecified atom stereocenters. The van der Waals surface area contributed by atoms with E-state index in [2.05, 4.69) is 32.0 Å². The minimum atomic E-state index is -4.59. The van der Waals surface area contributed by atoms with Crippen LogP contribution < -0.4 is 10.2 Å². The average molecular weight is 607 g/mol. The molecule has 1 aliphatic carbocycles. The minimum absolute atomic E-state index is 0.0946. The summed E-state index contributed by atoms with van der Waals surface area (Å²) in [6.45, 7) is 8.00. The Morgan fingerprint density at radius 1 is 1.22 bits per heavy atom. The summed E-state index contributed by atoms with van der Waals surface area (Å²) in [5.41, 5.74) is 0.124. The highest BCUT2D eigenvalue weighted by atomic mass is 32.2. The number of alkyl halides is 3. The third kappa shape index (κ3) is 5.79. The number of aryl methyl sites for hydroxylation is 1. The highest BCUT2D eigenvalue weighted by molar-refractivity contribution is 7.99. The number of aromatic nitrogens is 3. The Hall–Kier alpha value is -2.45. The van der Waals surface area contributed by atoms with E-state index in [1.807, 2.05) is 25.1 Å². The van der Waals surface area contributed by atoms with Crippen LogP contribution in [0.3, 0.4) is 0 Å². The molecule has 3 aromatic rings. The van der Waals surface area contributed by atoms with Crippen molar-refractivity contribution in [2.75, 3.05) is 55.4 Å². The number of rotatable bonds is 7. The molecule has 6 rings (SSSR count). The van der Waals surface area contributed by atoms with Crippen molar-refractivity contribution in [2.45, 2.75) is 55.8 Å². The molecule has 2 fully saturated rings. The van der Waals surface area contributed by atoms with Crippen molar-refractivity contribution in [3.8, 4) is 10.6 Å². The summed E-state index contributed by atoms with van der Waals surface area (Å²) in [7, 11) is 0. The van der Waals surface area contributed by atoms with Crippen LogP contribution in [0.4, 0.5) is 30.6 Å². The van der Waals surface area contributed by atoms with E-state index in [0.29, 0.717) is 30.1 Å². The number of fused-ring (bicyclic) bond motifs is 2. The maximum Gasteiger partial charge on any atom is 0.420 e. The summed E-state index contributed by atoms with van der Waals surface area (Å²) in [4.78, 5) is 20.3. The molecule has 3 aromatic heterocycles. The molecular weight excluding hydrogens is 573 g/mol. The summed E-state index contributed by atoms with van der Waals surface area (Å²) in [5.74, 6) is 1.72. The topological polar surface area (TPSA) is 86.6 Å². The SMILES string of the molecule is CCc1nc(N2CCN(CCO)C(C)C2)ccc1Nc1ncc(C(F)(F)F)c(-c2cc3c(s2)C2(CC2)OCCS3)n1. The number of piperazine rings is 1. The van der Waals surface area contributed by atoms with Gasteiger partial charge in [0.1, 0.15) is 17.0 Å². The van der Waals surface area contributed by atoms with Crippen LogP contribution in [0.15, 0.2) is 29.3 Å². The highest BCUT2D eigenvalue weighted by Crippen LogP contribution is 2.57. The molecule has 0 bridgehead atoms. The number of pyridine rings is 1. The Morgan fingerprint density at radius 3 is 2.76 bits per heavy atom. The van der Waals surface area contributed by atoms with Crippen LogP contribution in [0.2, 0.25) is 0 Å². The standard InChI is InChI=1S/C28H33F3N6O2S2/c1-3-19-20(4-5-23(33-19)37-9-8-36(10-11-38)17(2)16-37)34-26-32-15-18(28(29,30)31)24(35-26)21-14-22-25(41-21)27(6-7-27)39-12-13-40-22/h4-5,14-15,17,38H,3,6-13,16H2,1-2H3,(H,32,34,35). The number of aliphatic hydroxyl groups excluding tert-OH is 1. The van der Waals surface area contributed by atoms with Crippen molar-refractivity contribution in [1.29, 1.82) is 0 Å². The number of β-amino-alcohol motifs (C(OH)–C–C–N with tert-alkyl or cyclic N) is 1. The van der Waals surface area contributed by atoms with E-state index in [9.17, 15) is 18.3 Å². The molecule has 8 nitrogen and oxygen atoms in total. The predicted octanol–water partition coefficient (Wildman–Crippen LogP) is 5.54. The molecule has 2 N–H and O–H groups in total. The van der Waals surface area contributed by atoms with E-state index in [-0.39, 0.29) is 29.9 Å². The van der Waals surface area contributed by atoms with Crippen molar-refractivity contribution >= 4 is 40.6 Å². The molecule has 13 heteroatoms. The lowest BCUT2D eigenvalue weighted by Crippen LogP contribution is -2.52. The number of thiophene rings is 1. The fourth-order valence-corrected chi connectivity index (χ4v) is 8.06. The summed E-state index contributed by atoms with van der Waals surface area (Å²) in [5, 5.41) is 12.4. The van der Waals surface area contributed by atoms with Crippen molar-refractivity contribution in [2.24, 2.45) is 0 Å². The number of halogens is 3. The van der Waals surface area contributed by atoms with E-state index in [1.165, 1.54) is 11.3 Å². The van der Waals surface area contributed by atoms with Crippen molar-refractivity contribution < 1.29 is 23.0 Å². The Labute approximate surface area is 245 Å². The molecule has 5 heterocycles. The molecule has 3 aliphatic rings. The van der Waals surface area contributed by atoms with Crippen molar-refractivity contribution in [3.05, 3.63) is 40.5 Å². The summed E-state index contributed by atoms with van der Waals surface area (Å²) in [6.07, 6.45) is -1.31. The Bertz CT molecular complexity index is 1410. The van der Waals surface area contributed by atoms with E-state index in [1.54, 1.807) is 11.8 Å². The van der Waals surface area contributed by atoms with Crippen molar-refractivity contribution in [3.63, 3.8) is 0 Å². The third-order valence-corrected chi connectivity index (χ3v) is 10.3. The van der Waals surface area contributed by atoms with Gasteiger partial charge in [-0.15, -0.1) is 23.1 Å². The first-order valence-electron chi connectivity index (χ1n) is 13.9. The van der Waals surface area contributed by atoms with Crippen LogP contribution in [0, 0.1) is 0 Å². The van der Waals surface area contributed by atoms with Gasteiger partial charge in [-0.3, -0.25) is 4.90 Å². The number of aliphatic hydroxyl groups is 1. The fourth-order valence-electron chi connectivity index (χ4n) is 5.53. The van der Waals surface area contributed by atoms with Crippen molar-refractivity contribution in [1.82, 2.24) is 19.9 Å². The molecule has 1 spiro atoms. The number of hydrogen-bond donors (Lipinski definition) is 2. The van der Waals surface area contributed by atoms with Gasteiger partial charge < -0.3 is 20.1 Å². The van der Waals surface area contributed by atoms with Crippen LogP contribution >= 0.6 is 23.1 Å². The summed E-state index contributed by atoms with van der Waals surface area (Å²) < 4.78 is 48.3.